The van der Waals surface area contributed by atoms with Crippen LogP contribution in [0, 0.1) is 5.82 Å². The number of anilines is 2. The first-order chi connectivity index (χ1) is 11.8. The third-order valence-electron chi connectivity index (χ3n) is 3.04. The van der Waals surface area contributed by atoms with E-state index in [1.807, 2.05) is 5.38 Å². The van der Waals surface area contributed by atoms with E-state index in [-0.39, 0.29) is 5.82 Å². The van der Waals surface area contributed by atoms with E-state index in [1.54, 1.807) is 12.3 Å². The molecular formula is C14H15FN6S3. The fourth-order valence-corrected chi connectivity index (χ4v) is 3.77. The number of hydrogen-bond acceptors (Lipinski definition) is 9. The number of hydrogen-bond donors (Lipinski definition) is 3. The maximum absolute atomic E-state index is 14.4. The van der Waals surface area contributed by atoms with Gasteiger partial charge < -0.3 is 15.8 Å². The van der Waals surface area contributed by atoms with Crippen LogP contribution in [0.15, 0.2) is 34.9 Å². The summed E-state index contributed by atoms with van der Waals surface area (Å²) in [5.41, 5.74) is 7.10. The molecule has 0 aliphatic carbocycles. The van der Waals surface area contributed by atoms with Crippen molar-refractivity contribution in [2.24, 2.45) is 5.73 Å². The number of benzene rings is 1. The lowest BCUT2D eigenvalue weighted by Gasteiger charge is -2.13. The van der Waals surface area contributed by atoms with Crippen molar-refractivity contribution in [1.29, 1.82) is 0 Å². The molecule has 0 saturated carbocycles. The molecule has 2 aromatic heterocycles. The van der Waals surface area contributed by atoms with E-state index in [0.29, 0.717) is 23.1 Å². The third-order valence-corrected chi connectivity index (χ3v) is 5.38. The van der Waals surface area contributed by atoms with Gasteiger partial charge in [-0.15, -0.1) is 11.3 Å². The molecule has 0 aliphatic heterocycles. The van der Waals surface area contributed by atoms with Gasteiger partial charge in [-0.3, -0.25) is 0 Å². The monoisotopic (exact) mass is 382 g/mol. The SMILES string of the molecule is NCCCNc1cc(F)c(SNc2ncns2)cc1-c1nccs1. The number of halogens is 1. The van der Waals surface area contributed by atoms with Crippen LogP contribution in [-0.4, -0.2) is 27.4 Å². The summed E-state index contributed by atoms with van der Waals surface area (Å²) in [6, 6.07) is 3.29. The molecule has 6 nitrogen and oxygen atoms in total. The predicted octanol–water partition coefficient (Wildman–Crippen LogP) is 3.68. The lowest BCUT2D eigenvalue weighted by atomic mass is 10.1. The van der Waals surface area contributed by atoms with Crippen LogP contribution in [-0.2, 0) is 0 Å². The molecule has 0 atom stereocenters. The molecule has 2 heterocycles. The molecule has 0 saturated heterocycles. The van der Waals surface area contributed by atoms with Gasteiger partial charge in [-0.25, -0.2) is 14.4 Å². The Hall–Kier alpha value is -1.75. The van der Waals surface area contributed by atoms with Crippen molar-refractivity contribution in [3.63, 3.8) is 0 Å². The van der Waals surface area contributed by atoms with E-state index in [1.165, 1.54) is 47.2 Å². The van der Waals surface area contributed by atoms with Crippen molar-refractivity contribution in [1.82, 2.24) is 14.3 Å². The summed E-state index contributed by atoms with van der Waals surface area (Å²) in [7, 11) is 0. The van der Waals surface area contributed by atoms with E-state index >= 15 is 0 Å². The fraction of sp³-hybridized carbons (Fsp3) is 0.214. The number of thiazole rings is 1. The molecule has 0 spiro atoms. The molecule has 10 heteroatoms. The lowest BCUT2D eigenvalue weighted by molar-refractivity contribution is 0.603. The smallest absolute Gasteiger partial charge is 0.212 e. The largest absolute Gasteiger partial charge is 0.384 e. The van der Waals surface area contributed by atoms with Crippen LogP contribution in [0.1, 0.15) is 6.42 Å². The normalized spacial score (nSPS) is 10.8. The first-order valence-electron chi connectivity index (χ1n) is 7.15. The quantitative estimate of drug-likeness (QED) is 0.404. The van der Waals surface area contributed by atoms with Gasteiger partial charge >= 0.3 is 0 Å². The molecule has 0 unspecified atom stereocenters. The Kier molecular flexibility index (Phi) is 5.96. The number of nitrogens with one attached hydrogen (secondary N) is 2. The molecule has 3 aromatic rings. The number of aromatic nitrogens is 3. The van der Waals surface area contributed by atoms with Gasteiger partial charge in [0.2, 0.25) is 5.13 Å². The Balaban J connectivity index is 1.85. The van der Waals surface area contributed by atoms with Gasteiger partial charge in [-0.2, -0.15) is 4.37 Å². The summed E-state index contributed by atoms with van der Waals surface area (Å²) < 4.78 is 21.3. The van der Waals surface area contributed by atoms with Gasteiger partial charge in [0.15, 0.2) is 0 Å². The average molecular weight is 383 g/mol. The van der Waals surface area contributed by atoms with Crippen molar-refractivity contribution in [2.45, 2.75) is 11.3 Å². The zero-order chi connectivity index (χ0) is 16.8. The molecule has 3 rings (SSSR count). The molecule has 24 heavy (non-hydrogen) atoms. The highest BCUT2D eigenvalue weighted by Gasteiger charge is 2.14. The summed E-state index contributed by atoms with van der Waals surface area (Å²) in [4.78, 5) is 8.83. The molecule has 1 aromatic carbocycles. The number of nitrogens with two attached hydrogens (primary N) is 1. The van der Waals surface area contributed by atoms with Crippen LogP contribution in [0.4, 0.5) is 15.2 Å². The van der Waals surface area contributed by atoms with E-state index in [4.69, 9.17) is 5.73 Å². The highest BCUT2D eigenvalue weighted by atomic mass is 32.2. The van der Waals surface area contributed by atoms with Crippen molar-refractivity contribution < 1.29 is 4.39 Å². The van der Waals surface area contributed by atoms with Crippen LogP contribution in [0.2, 0.25) is 0 Å². The van der Waals surface area contributed by atoms with E-state index in [2.05, 4.69) is 24.4 Å². The molecule has 0 fully saturated rings. The van der Waals surface area contributed by atoms with Crippen molar-refractivity contribution >= 4 is 45.6 Å². The lowest BCUT2D eigenvalue weighted by Crippen LogP contribution is -2.09. The van der Waals surface area contributed by atoms with Crippen molar-refractivity contribution in [2.75, 3.05) is 23.1 Å². The highest BCUT2D eigenvalue weighted by molar-refractivity contribution is 8.00. The Morgan fingerprint density at radius 3 is 2.92 bits per heavy atom. The molecule has 0 bridgehead atoms. The van der Waals surface area contributed by atoms with Crippen LogP contribution in [0.25, 0.3) is 10.6 Å². The maximum Gasteiger partial charge on any atom is 0.212 e. The number of nitrogens with zero attached hydrogens (tertiary/aromatic N) is 3. The van der Waals surface area contributed by atoms with E-state index in [0.717, 1.165) is 22.7 Å². The van der Waals surface area contributed by atoms with Gasteiger partial charge in [0, 0.05) is 40.9 Å². The van der Waals surface area contributed by atoms with Gasteiger partial charge in [0.05, 0.1) is 4.90 Å². The van der Waals surface area contributed by atoms with Crippen LogP contribution in [0.5, 0.6) is 0 Å². The zero-order valence-electron chi connectivity index (χ0n) is 12.5. The molecule has 126 valence electrons. The first-order valence-corrected chi connectivity index (χ1v) is 9.61. The van der Waals surface area contributed by atoms with Crippen LogP contribution < -0.4 is 15.8 Å². The Bertz CT molecular complexity index is 763. The summed E-state index contributed by atoms with van der Waals surface area (Å²) in [6.45, 7) is 1.27. The Morgan fingerprint density at radius 1 is 1.29 bits per heavy atom. The van der Waals surface area contributed by atoms with Gasteiger partial charge in [-0.1, -0.05) is 0 Å². The van der Waals surface area contributed by atoms with Crippen LogP contribution >= 0.6 is 34.8 Å². The van der Waals surface area contributed by atoms with E-state index < -0.39 is 0 Å². The standard InChI is InChI=1S/C14H15FN6S3/c15-10-7-11(17-3-1-2-16)9(13-18-4-5-22-13)6-12(10)23-21-14-19-8-20-24-14/h4-8,17H,1-3,16H2,(H,19,20,21). The number of rotatable bonds is 8. The summed E-state index contributed by atoms with van der Waals surface area (Å²) in [5.74, 6) is -0.312. The minimum absolute atomic E-state index is 0.312. The van der Waals surface area contributed by atoms with Crippen LogP contribution in [0.3, 0.4) is 0 Å². The second kappa shape index (κ2) is 8.38. The van der Waals surface area contributed by atoms with Gasteiger partial charge in [-0.05, 0) is 37.0 Å². The fourth-order valence-electron chi connectivity index (χ4n) is 1.95. The molecule has 0 aliphatic rings. The topological polar surface area (TPSA) is 88.8 Å². The molecular weight excluding hydrogens is 367 g/mol. The summed E-state index contributed by atoms with van der Waals surface area (Å²) in [5, 5.41) is 6.60. The van der Waals surface area contributed by atoms with E-state index in [9.17, 15) is 4.39 Å². The van der Waals surface area contributed by atoms with Crippen molar-refractivity contribution in [3.05, 3.63) is 35.9 Å². The van der Waals surface area contributed by atoms with Gasteiger partial charge in [0.25, 0.3) is 0 Å². The minimum atomic E-state index is -0.312. The average Bonchev–Trinajstić information content (AvgIpc) is 3.28. The first kappa shape index (κ1) is 17.1. The molecule has 0 amide bonds. The highest BCUT2D eigenvalue weighted by Crippen LogP contribution is 2.36. The maximum atomic E-state index is 14.4. The summed E-state index contributed by atoms with van der Waals surface area (Å²) >= 11 is 3.89. The Labute approximate surface area is 151 Å². The zero-order valence-corrected chi connectivity index (χ0v) is 15.0. The van der Waals surface area contributed by atoms with Crippen molar-refractivity contribution in [3.8, 4) is 10.6 Å². The second-order valence-electron chi connectivity index (χ2n) is 4.69. The Morgan fingerprint density at radius 2 is 2.21 bits per heavy atom. The minimum Gasteiger partial charge on any atom is -0.384 e. The third kappa shape index (κ3) is 4.20. The molecule has 4 N–H and O–H groups in total. The summed E-state index contributed by atoms with van der Waals surface area (Å²) in [6.07, 6.45) is 4.00. The second-order valence-corrected chi connectivity index (χ2v) is 7.21. The molecule has 0 radical (unpaired) electrons. The predicted molar refractivity (Wildman–Crippen MR) is 99.1 cm³/mol. The van der Waals surface area contributed by atoms with Gasteiger partial charge in [0.1, 0.15) is 17.2 Å².